The highest BCUT2D eigenvalue weighted by Crippen LogP contribution is 2.40. The van der Waals surface area contributed by atoms with E-state index < -0.39 is 11.7 Å². The number of rotatable bonds is 2. The van der Waals surface area contributed by atoms with Gasteiger partial charge in [0.15, 0.2) is 0 Å². The molecule has 1 unspecified atom stereocenters. The Morgan fingerprint density at radius 3 is 2.47 bits per heavy atom. The van der Waals surface area contributed by atoms with Crippen molar-refractivity contribution in [3.8, 4) is 5.75 Å². The van der Waals surface area contributed by atoms with E-state index in [4.69, 9.17) is 16.3 Å². The highest BCUT2D eigenvalue weighted by molar-refractivity contribution is 6.30. The van der Waals surface area contributed by atoms with E-state index >= 15 is 0 Å². The number of hydrogen-bond donors (Lipinski definition) is 0. The van der Waals surface area contributed by atoms with Crippen molar-refractivity contribution in [2.75, 3.05) is 0 Å². The van der Waals surface area contributed by atoms with Gasteiger partial charge in [-0.15, -0.1) is 0 Å². The molecule has 1 aromatic carbocycles. The zero-order valence-electron chi connectivity index (χ0n) is 9.22. The molecule has 0 spiro atoms. The molecule has 0 amide bonds. The first kappa shape index (κ1) is 12.6. The molecule has 1 fully saturated rings. The highest BCUT2D eigenvalue weighted by atomic mass is 35.5. The van der Waals surface area contributed by atoms with Gasteiger partial charge < -0.3 is 4.74 Å². The van der Waals surface area contributed by atoms with E-state index in [-0.39, 0.29) is 16.9 Å². The molecule has 1 aliphatic carbocycles. The Bertz CT molecular complexity index is 417. The number of hydrogen-bond acceptors (Lipinski definition) is 1. The molecule has 0 aliphatic heterocycles. The van der Waals surface area contributed by atoms with Gasteiger partial charge in [0, 0.05) is 5.02 Å². The van der Waals surface area contributed by atoms with E-state index in [1.807, 2.05) is 6.92 Å². The second kappa shape index (κ2) is 4.41. The minimum Gasteiger partial charge on any atom is -0.490 e. The fourth-order valence-electron chi connectivity index (χ4n) is 1.80. The van der Waals surface area contributed by atoms with Crippen LogP contribution in [0.2, 0.25) is 5.02 Å². The van der Waals surface area contributed by atoms with Gasteiger partial charge in [-0.1, -0.05) is 18.5 Å². The fourth-order valence-corrected chi connectivity index (χ4v) is 1.97. The van der Waals surface area contributed by atoms with Crippen LogP contribution < -0.4 is 4.74 Å². The third-order valence-corrected chi connectivity index (χ3v) is 3.30. The summed E-state index contributed by atoms with van der Waals surface area (Å²) in [6, 6.07) is 3.60. The molecule has 5 heteroatoms. The van der Waals surface area contributed by atoms with E-state index in [1.165, 1.54) is 12.1 Å². The largest absolute Gasteiger partial charge is 0.490 e. The summed E-state index contributed by atoms with van der Waals surface area (Å²) >= 11 is 5.58. The second-order valence-corrected chi connectivity index (χ2v) is 4.79. The molecular weight excluding hydrogens is 253 g/mol. The molecule has 94 valence electrons. The minimum absolute atomic E-state index is 0.0614. The average molecular weight is 265 g/mol. The van der Waals surface area contributed by atoms with Gasteiger partial charge in [0.1, 0.15) is 11.9 Å². The molecule has 2 atom stereocenters. The summed E-state index contributed by atoms with van der Waals surface area (Å²) in [5.41, 5.74) is -0.802. The summed E-state index contributed by atoms with van der Waals surface area (Å²) in [7, 11) is 0. The van der Waals surface area contributed by atoms with Gasteiger partial charge in [-0.25, -0.2) is 0 Å². The van der Waals surface area contributed by atoms with E-state index in [0.717, 1.165) is 18.9 Å². The first-order chi connectivity index (χ1) is 7.88. The molecule has 0 N–H and O–H groups in total. The van der Waals surface area contributed by atoms with Crippen LogP contribution in [0, 0.1) is 5.92 Å². The third kappa shape index (κ3) is 2.68. The molecule has 0 radical (unpaired) electrons. The van der Waals surface area contributed by atoms with Crippen molar-refractivity contribution in [1.29, 1.82) is 0 Å². The van der Waals surface area contributed by atoms with Crippen LogP contribution in [-0.4, -0.2) is 6.10 Å². The first-order valence-corrected chi connectivity index (χ1v) is 5.79. The smallest absolute Gasteiger partial charge is 0.420 e. The lowest BCUT2D eigenvalue weighted by atomic mass is 9.83. The van der Waals surface area contributed by atoms with Crippen molar-refractivity contribution in [2.45, 2.75) is 32.0 Å². The maximum Gasteiger partial charge on any atom is 0.420 e. The number of halogens is 4. The minimum atomic E-state index is -4.44. The normalized spacial score (nSPS) is 24.3. The van der Waals surface area contributed by atoms with Crippen molar-refractivity contribution in [1.82, 2.24) is 0 Å². The SMILES string of the molecule is CC1CC[C@H]1Oc1ccc(Cl)cc1C(F)(F)F. The van der Waals surface area contributed by atoms with Crippen LogP contribution in [0.15, 0.2) is 18.2 Å². The van der Waals surface area contributed by atoms with Crippen molar-refractivity contribution in [3.63, 3.8) is 0 Å². The van der Waals surface area contributed by atoms with Gasteiger partial charge >= 0.3 is 6.18 Å². The monoisotopic (exact) mass is 264 g/mol. The number of benzene rings is 1. The molecule has 1 saturated carbocycles. The highest BCUT2D eigenvalue weighted by Gasteiger charge is 2.37. The van der Waals surface area contributed by atoms with Crippen LogP contribution in [0.1, 0.15) is 25.3 Å². The van der Waals surface area contributed by atoms with Gasteiger partial charge in [0.05, 0.1) is 5.56 Å². The molecule has 0 bridgehead atoms. The first-order valence-electron chi connectivity index (χ1n) is 5.41. The maximum absolute atomic E-state index is 12.8. The maximum atomic E-state index is 12.8. The topological polar surface area (TPSA) is 9.23 Å². The average Bonchev–Trinajstić information content (AvgIpc) is 2.24. The van der Waals surface area contributed by atoms with E-state index in [2.05, 4.69) is 0 Å². The standard InChI is InChI=1S/C12H12ClF3O/c1-7-2-4-10(7)17-11-5-3-8(13)6-9(11)12(14,15)16/h3,5-7,10H,2,4H2,1H3/t7?,10-/m1/s1. The van der Waals surface area contributed by atoms with Crippen LogP contribution in [0.3, 0.4) is 0 Å². The van der Waals surface area contributed by atoms with Crippen LogP contribution in [-0.2, 0) is 6.18 Å². The molecule has 0 heterocycles. The van der Waals surface area contributed by atoms with Gasteiger partial charge in [-0.3, -0.25) is 0 Å². The summed E-state index contributed by atoms with van der Waals surface area (Å²) < 4.78 is 43.7. The Labute approximate surface area is 103 Å². The molecule has 0 aromatic heterocycles. The Kier molecular flexibility index (Phi) is 3.25. The molecule has 1 aliphatic rings. The van der Waals surface area contributed by atoms with Gasteiger partial charge in [0.2, 0.25) is 0 Å². The number of ether oxygens (including phenoxy) is 1. The number of alkyl halides is 3. The van der Waals surface area contributed by atoms with Crippen molar-refractivity contribution >= 4 is 11.6 Å². The Morgan fingerprint density at radius 1 is 1.29 bits per heavy atom. The predicted molar refractivity (Wildman–Crippen MR) is 59.3 cm³/mol. The van der Waals surface area contributed by atoms with Crippen molar-refractivity contribution < 1.29 is 17.9 Å². The molecular formula is C12H12ClF3O. The molecule has 2 rings (SSSR count). The van der Waals surface area contributed by atoms with Crippen LogP contribution in [0.5, 0.6) is 5.75 Å². The van der Waals surface area contributed by atoms with Gasteiger partial charge in [0.25, 0.3) is 0 Å². The van der Waals surface area contributed by atoms with E-state index in [0.29, 0.717) is 5.92 Å². The lowest BCUT2D eigenvalue weighted by Crippen LogP contribution is -2.35. The second-order valence-electron chi connectivity index (χ2n) is 4.35. The van der Waals surface area contributed by atoms with E-state index in [9.17, 15) is 13.2 Å². The van der Waals surface area contributed by atoms with E-state index in [1.54, 1.807) is 0 Å². The fraction of sp³-hybridized carbons (Fsp3) is 0.500. The summed E-state index contributed by atoms with van der Waals surface area (Å²) in [5, 5.41) is 0.0614. The lowest BCUT2D eigenvalue weighted by Gasteiger charge is -2.34. The predicted octanol–water partition coefficient (Wildman–Crippen LogP) is 4.54. The quantitative estimate of drug-likeness (QED) is 0.762. The third-order valence-electron chi connectivity index (χ3n) is 3.07. The molecule has 17 heavy (non-hydrogen) atoms. The molecule has 1 nitrogen and oxygen atoms in total. The van der Waals surface area contributed by atoms with Gasteiger partial charge in [-0.2, -0.15) is 13.2 Å². The van der Waals surface area contributed by atoms with Crippen molar-refractivity contribution in [3.05, 3.63) is 28.8 Å². The van der Waals surface area contributed by atoms with Crippen LogP contribution >= 0.6 is 11.6 Å². The molecule has 0 saturated heterocycles. The Hall–Kier alpha value is -0.900. The lowest BCUT2D eigenvalue weighted by molar-refractivity contribution is -0.139. The summed E-state index contributed by atoms with van der Waals surface area (Å²) in [4.78, 5) is 0. The van der Waals surface area contributed by atoms with Crippen molar-refractivity contribution in [2.24, 2.45) is 5.92 Å². The zero-order chi connectivity index (χ0) is 12.6. The Balaban J connectivity index is 2.26. The summed E-state index contributed by atoms with van der Waals surface area (Å²) in [6.07, 6.45) is -2.74. The molecule has 1 aromatic rings. The zero-order valence-corrected chi connectivity index (χ0v) is 9.98. The Morgan fingerprint density at radius 2 is 2.00 bits per heavy atom. The van der Waals surface area contributed by atoms with Crippen LogP contribution in [0.4, 0.5) is 13.2 Å². The van der Waals surface area contributed by atoms with Crippen LogP contribution in [0.25, 0.3) is 0 Å². The summed E-state index contributed by atoms with van der Waals surface area (Å²) in [5.74, 6) is 0.185. The van der Waals surface area contributed by atoms with Gasteiger partial charge in [-0.05, 0) is 37.0 Å². The summed E-state index contributed by atoms with van der Waals surface area (Å²) in [6.45, 7) is 1.97.